The van der Waals surface area contributed by atoms with E-state index in [0.29, 0.717) is 29.0 Å². The number of rotatable bonds is 6. The van der Waals surface area contributed by atoms with E-state index in [1.165, 1.54) is 18.3 Å². The number of halogens is 4. The largest absolute Gasteiger partial charge is 0.586 e. The van der Waals surface area contributed by atoms with Crippen LogP contribution in [0.15, 0.2) is 36.7 Å². The number of fused-ring (bicyclic) bond motifs is 1. The molecule has 0 atom stereocenters. The highest BCUT2D eigenvalue weighted by molar-refractivity contribution is 5.96. The molecule has 0 amide bonds. The molecule has 0 spiro atoms. The Balaban J connectivity index is 1.59. The van der Waals surface area contributed by atoms with Crippen LogP contribution < -0.4 is 14.8 Å². The molecule has 2 aliphatic rings. The van der Waals surface area contributed by atoms with Crippen molar-refractivity contribution in [1.29, 1.82) is 0 Å². The van der Waals surface area contributed by atoms with Gasteiger partial charge in [0.05, 0.1) is 23.7 Å². The van der Waals surface area contributed by atoms with Gasteiger partial charge in [-0.2, -0.15) is 0 Å². The minimum Gasteiger partial charge on any atom is -0.395 e. The van der Waals surface area contributed by atoms with Crippen LogP contribution in [0.25, 0.3) is 11.3 Å². The lowest BCUT2D eigenvalue weighted by Crippen LogP contribution is -2.32. The van der Waals surface area contributed by atoms with Crippen molar-refractivity contribution in [2.45, 2.75) is 33.1 Å². The number of benzene rings is 1. The molecular formula is C20H18F4N3O2+. The van der Waals surface area contributed by atoms with Gasteiger partial charge in [0.15, 0.2) is 17.7 Å². The number of aryl methyl sites for hydroxylation is 2. The van der Waals surface area contributed by atoms with Gasteiger partial charge < -0.3 is 14.8 Å². The smallest absolute Gasteiger partial charge is 0.395 e. The van der Waals surface area contributed by atoms with E-state index >= 15 is 0 Å². The van der Waals surface area contributed by atoms with Crippen LogP contribution in [0.1, 0.15) is 18.1 Å². The summed E-state index contributed by atoms with van der Waals surface area (Å²) >= 11 is 0. The Bertz CT molecular complexity index is 1030. The van der Waals surface area contributed by atoms with Gasteiger partial charge in [-0.3, -0.25) is 4.98 Å². The first kappa shape index (κ1) is 19.2. The molecule has 2 aliphatic heterocycles. The fourth-order valence-electron chi connectivity index (χ4n) is 3.26. The lowest BCUT2D eigenvalue weighted by Gasteiger charge is -2.14. The van der Waals surface area contributed by atoms with E-state index in [1.54, 1.807) is 19.2 Å². The third-order valence-electron chi connectivity index (χ3n) is 4.82. The molecular weight excluding hydrogens is 390 g/mol. The highest BCUT2D eigenvalue weighted by Gasteiger charge is 2.43. The zero-order valence-corrected chi connectivity index (χ0v) is 15.7. The van der Waals surface area contributed by atoms with Crippen molar-refractivity contribution in [2.75, 3.05) is 11.9 Å². The van der Waals surface area contributed by atoms with Crippen molar-refractivity contribution in [3.63, 3.8) is 0 Å². The fourth-order valence-corrected chi connectivity index (χ4v) is 3.26. The van der Waals surface area contributed by atoms with E-state index in [-0.39, 0.29) is 18.0 Å². The maximum absolute atomic E-state index is 13.3. The van der Waals surface area contributed by atoms with Gasteiger partial charge in [0.1, 0.15) is 6.54 Å². The molecule has 29 heavy (non-hydrogen) atoms. The molecule has 3 heterocycles. The average Bonchev–Trinajstić information content (AvgIpc) is 2.92. The minimum absolute atomic E-state index is 0.0144. The second-order valence-electron chi connectivity index (χ2n) is 6.71. The number of aromatic nitrogens is 1. The molecule has 0 bridgehead atoms. The van der Waals surface area contributed by atoms with E-state index in [4.69, 9.17) is 0 Å². The van der Waals surface area contributed by atoms with Crippen LogP contribution in [0.4, 0.5) is 23.2 Å². The SMILES string of the molecule is CCc1cc(-c2cc3c(cc2C)OC(F)(F)O3)ncc1NCC1=[N+](C(F)F)C=C1. The molecule has 2 aromatic rings. The number of pyridine rings is 1. The molecule has 0 radical (unpaired) electrons. The quantitative estimate of drug-likeness (QED) is 0.433. The highest BCUT2D eigenvalue weighted by atomic mass is 19.3. The van der Waals surface area contributed by atoms with E-state index in [2.05, 4.69) is 19.8 Å². The Hall–Kier alpha value is -3.10. The number of anilines is 1. The van der Waals surface area contributed by atoms with Crippen LogP contribution in [0.3, 0.4) is 0 Å². The molecule has 0 fully saturated rings. The third-order valence-corrected chi connectivity index (χ3v) is 4.82. The Morgan fingerprint density at radius 3 is 2.52 bits per heavy atom. The van der Waals surface area contributed by atoms with Crippen LogP contribution in [0.2, 0.25) is 0 Å². The fraction of sp³-hybridized carbons (Fsp3) is 0.300. The lowest BCUT2D eigenvalue weighted by atomic mass is 10.0. The normalized spacial score (nSPS) is 16.4. The van der Waals surface area contributed by atoms with Crippen molar-refractivity contribution in [3.05, 3.63) is 47.8 Å². The minimum atomic E-state index is -3.68. The van der Waals surface area contributed by atoms with Gasteiger partial charge in [-0.1, -0.05) is 6.92 Å². The van der Waals surface area contributed by atoms with Gasteiger partial charge in [-0.25, -0.2) is 0 Å². The third kappa shape index (κ3) is 3.64. The van der Waals surface area contributed by atoms with Crippen molar-refractivity contribution in [3.8, 4) is 22.8 Å². The van der Waals surface area contributed by atoms with Crippen LogP contribution in [-0.2, 0) is 6.42 Å². The molecule has 0 aliphatic carbocycles. The van der Waals surface area contributed by atoms with Crippen LogP contribution in [0, 0.1) is 6.92 Å². The molecule has 0 unspecified atom stereocenters. The molecule has 1 aromatic carbocycles. The Labute approximate surface area is 164 Å². The number of ether oxygens (including phenoxy) is 2. The number of nitrogens with one attached hydrogen (secondary N) is 1. The predicted molar refractivity (Wildman–Crippen MR) is 98.9 cm³/mol. The Morgan fingerprint density at radius 1 is 1.17 bits per heavy atom. The molecule has 5 nitrogen and oxygen atoms in total. The summed E-state index contributed by atoms with van der Waals surface area (Å²) in [6.45, 7) is 1.41. The summed E-state index contributed by atoms with van der Waals surface area (Å²) in [4.78, 5) is 4.42. The second kappa shape index (κ2) is 7.06. The number of hydrogen-bond acceptors (Lipinski definition) is 4. The summed E-state index contributed by atoms with van der Waals surface area (Å²) < 4.78 is 62.1. The summed E-state index contributed by atoms with van der Waals surface area (Å²) in [6, 6.07) is 4.82. The van der Waals surface area contributed by atoms with E-state index in [9.17, 15) is 17.6 Å². The average molecular weight is 408 g/mol. The van der Waals surface area contributed by atoms with Gasteiger partial charge in [0, 0.05) is 5.56 Å². The van der Waals surface area contributed by atoms with Gasteiger partial charge in [-0.05, 0) is 42.7 Å². The molecule has 1 aromatic heterocycles. The first-order valence-electron chi connectivity index (χ1n) is 9.01. The van der Waals surface area contributed by atoms with Crippen LogP contribution in [-0.4, -0.2) is 34.7 Å². The molecule has 4 rings (SSSR count). The predicted octanol–water partition coefficient (Wildman–Crippen LogP) is 4.56. The van der Waals surface area contributed by atoms with Gasteiger partial charge in [0.2, 0.25) is 5.71 Å². The lowest BCUT2D eigenvalue weighted by molar-refractivity contribution is -0.575. The number of nitrogens with zero attached hydrogens (tertiary/aromatic N) is 2. The Kier molecular flexibility index (Phi) is 4.68. The van der Waals surface area contributed by atoms with E-state index < -0.39 is 12.8 Å². The van der Waals surface area contributed by atoms with Gasteiger partial charge >= 0.3 is 12.8 Å². The van der Waals surface area contributed by atoms with Crippen molar-refractivity contribution < 1.29 is 31.6 Å². The first-order valence-corrected chi connectivity index (χ1v) is 9.01. The summed E-state index contributed by atoms with van der Waals surface area (Å²) in [5, 5.41) is 3.13. The second-order valence-corrected chi connectivity index (χ2v) is 6.71. The molecule has 0 saturated carbocycles. The maximum Gasteiger partial charge on any atom is 0.586 e. The van der Waals surface area contributed by atoms with Gasteiger partial charge in [0.25, 0.3) is 0 Å². The van der Waals surface area contributed by atoms with Crippen molar-refractivity contribution >= 4 is 11.4 Å². The van der Waals surface area contributed by atoms with Crippen molar-refractivity contribution in [2.24, 2.45) is 0 Å². The van der Waals surface area contributed by atoms with E-state index in [1.807, 2.05) is 13.0 Å². The van der Waals surface area contributed by atoms with E-state index in [0.717, 1.165) is 15.8 Å². The molecule has 1 N–H and O–H groups in total. The van der Waals surface area contributed by atoms with Crippen LogP contribution >= 0.6 is 0 Å². The number of hydrogen-bond donors (Lipinski definition) is 1. The monoisotopic (exact) mass is 408 g/mol. The molecule has 152 valence electrons. The molecule has 9 heteroatoms. The zero-order chi connectivity index (χ0) is 20.8. The Morgan fingerprint density at radius 2 is 1.90 bits per heavy atom. The first-order chi connectivity index (χ1) is 13.8. The molecule has 0 saturated heterocycles. The van der Waals surface area contributed by atoms with Crippen LogP contribution in [0.5, 0.6) is 11.5 Å². The zero-order valence-electron chi connectivity index (χ0n) is 15.7. The summed E-state index contributed by atoms with van der Waals surface area (Å²) in [6.07, 6.45) is 1.56. The van der Waals surface area contributed by atoms with Gasteiger partial charge in [-0.15, -0.1) is 22.1 Å². The summed E-state index contributed by atoms with van der Waals surface area (Å²) in [5.74, 6) is -0.0580. The summed E-state index contributed by atoms with van der Waals surface area (Å²) in [7, 11) is 0. The standard InChI is InChI=1S/C20H18F4N3O2/c1-3-12-7-15(14-8-18-17(6-11(14)2)28-20(23,24)29-18)26-10-16(12)25-9-13-4-5-27(13)19(21)22/h4-8,10,19,25H,3,9H2,1-2H3/q+1. The maximum atomic E-state index is 13.3. The number of alkyl halides is 4. The summed E-state index contributed by atoms with van der Waals surface area (Å²) in [5.41, 5.74) is 4.08. The highest BCUT2D eigenvalue weighted by Crippen LogP contribution is 2.44. The topological polar surface area (TPSA) is 46.4 Å². The van der Waals surface area contributed by atoms with Crippen molar-refractivity contribution in [1.82, 2.24) is 4.98 Å².